The molecule has 0 aromatic heterocycles. The minimum absolute atomic E-state index is 0.189. The van der Waals surface area contributed by atoms with Crippen LogP contribution in [0.5, 0.6) is 0 Å². The van der Waals surface area contributed by atoms with Crippen molar-refractivity contribution in [1.29, 1.82) is 0 Å². The molecule has 136 valence electrons. The van der Waals surface area contributed by atoms with Gasteiger partial charge < -0.3 is 15.4 Å². The third-order valence-electron chi connectivity index (χ3n) is 3.91. The minimum Gasteiger partial charge on any atom is -0.451 e. The highest BCUT2D eigenvalue weighted by Gasteiger charge is 2.31. The molecule has 2 amide bonds. The van der Waals surface area contributed by atoms with Crippen molar-refractivity contribution in [3.05, 3.63) is 34.9 Å². The molecule has 1 saturated carbocycles. The van der Waals surface area contributed by atoms with E-state index in [1.165, 1.54) is 6.92 Å². The largest absolute Gasteiger partial charge is 0.451 e. The second-order valence-corrected chi connectivity index (χ2v) is 6.94. The van der Waals surface area contributed by atoms with E-state index in [-0.39, 0.29) is 23.4 Å². The fourth-order valence-corrected chi connectivity index (χ4v) is 2.43. The molecule has 0 radical (unpaired) electrons. The molecule has 2 N–H and O–H groups in total. The zero-order chi connectivity index (χ0) is 18.6. The predicted octanol–water partition coefficient (Wildman–Crippen LogP) is 2.30. The zero-order valence-corrected chi connectivity index (χ0v) is 15.3. The fraction of sp³-hybridized carbons (Fsp3) is 0.500. The van der Waals surface area contributed by atoms with E-state index >= 15 is 0 Å². The van der Waals surface area contributed by atoms with Crippen LogP contribution in [0.4, 0.5) is 0 Å². The summed E-state index contributed by atoms with van der Waals surface area (Å²) < 4.78 is 5.23. The van der Waals surface area contributed by atoms with E-state index in [0.29, 0.717) is 5.02 Å². The van der Waals surface area contributed by atoms with Gasteiger partial charge in [-0.1, -0.05) is 37.6 Å². The van der Waals surface area contributed by atoms with Gasteiger partial charge in [0, 0.05) is 6.04 Å². The highest BCUT2D eigenvalue weighted by atomic mass is 35.5. The van der Waals surface area contributed by atoms with Crippen LogP contribution in [0.1, 0.15) is 44.0 Å². The lowest BCUT2D eigenvalue weighted by Crippen LogP contribution is -2.48. The van der Waals surface area contributed by atoms with Gasteiger partial charge >= 0.3 is 5.97 Å². The molecule has 1 aliphatic carbocycles. The summed E-state index contributed by atoms with van der Waals surface area (Å²) in [5.41, 5.74) is 0.280. The topological polar surface area (TPSA) is 84.5 Å². The maximum absolute atomic E-state index is 12.4. The number of ether oxygens (including phenoxy) is 1. The standard InChI is InChI=1S/C18H23ClN2O4/c1-10(2)15(21-17(23)13-6-4-5-7-14(13)19)18(24)25-11(3)16(22)20-12-8-9-12/h4-7,10-12,15H,8-9H2,1-3H3,(H,20,22)(H,21,23)/t11-,15-/m0/s1. The second kappa shape index (κ2) is 8.34. The van der Waals surface area contributed by atoms with Gasteiger partial charge in [0.15, 0.2) is 6.10 Å². The lowest BCUT2D eigenvalue weighted by molar-refractivity contribution is -0.157. The zero-order valence-electron chi connectivity index (χ0n) is 14.5. The number of benzene rings is 1. The van der Waals surface area contributed by atoms with Crippen molar-refractivity contribution < 1.29 is 19.1 Å². The van der Waals surface area contributed by atoms with Gasteiger partial charge in [0.25, 0.3) is 11.8 Å². The summed E-state index contributed by atoms with van der Waals surface area (Å²) in [4.78, 5) is 36.7. The average molecular weight is 367 g/mol. The van der Waals surface area contributed by atoms with Crippen molar-refractivity contribution >= 4 is 29.4 Å². The van der Waals surface area contributed by atoms with Crippen molar-refractivity contribution in [2.24, 2.45) is 5.92 Å². The molecule has 0 heterocycles. The molecule has 0 bridgehead atoms. The van der Waals surface area contributed by atoms with E-state index in [4.69, 9.17) is 16.3 Å². The first-order valence-corrected chi connectivity index (χ1v) is 8.73. The summed E-state index contributed by atoms with van der Waals surface area (Å²) in [6.45, 7) is 5.09. The Morgan fingerprint density at radius 1 is 1.16 bits per heavy atom. The Labute approximate surface area is 152 Å². The number of hydrogen-bond acceptors (Lipinski definition) is 4. The van der Waals surface area contributed by atoms with Gasteiger partial charge in [0.2, 0.25) is 0 Å². The Morgan fingerprint density at radius 2 is 1.80 bits per heavy atom. The predicted molar refractivity (Wildman–Crippen MR) is 94.3 cm³/mol. The Bertz CT molecular complexity index is 658. The molecule has 1 aromatic rings. The van der Waals surface area contributed by atoms with Gasteiger partial charge in [-0.3, -0.25) is 9.59 Å². The van der Waals surface area contributed by atoms with E-state index in [1.54, 1.807) is 38.1 Å². The molecule has 0 saturated heterocycles. The number of nitrogens with one attached hydrogen (secondary N) is 2. The quantitative estimate of drug-likeness (QED) is 0.725. The van der Waals surface area contributed by atoms with Gasteiger partial charge in [0.1, 0.15) is 6.04 Å². The first kappa shape index (κ1) is 19.2. The van der Waals surface area contributed by atoms with E-state index in [0.717, 1.165) is 12.8 Å². The Morgan fingerprint density at radius 3 is 2.36 bits per heavy atom. The van der Waals surface area contributed by atoms with Gasteiger partial charge in [-0.25, -0.2) is 4.79 Å². The number of halogens is 1. The van der Waals surface area contributed by atoms with Crippen molar-refractivity contribution in [3.63, 3.8) is 0 Å². The number of esters is 1. The average Bonchev–Trinajstić information content (AvgIpc) is 3.36. The summed E-state index contributed by atoms with van der Waals surface area (Å²) in [6.07, 6.45) is 0.996. The van der Waals surface area contributed by atoms with Crippen LogP contribution in [0, 0.1) is 5.92 Å². The molecule has 1 aromatic carbocycles. The van der Waals surface area contributed by atoms with Crippen LogP contribution in [0.3, 0.4) is 0 Å². The summed E-state index contributed by atoms with van der Waals surface area (Å²) >= 11 is 6.01. The SMILES string of the molecule is CC(C)[C@H](NC(=O)c1ccccc1Cl)C(=O)O[C@@H](C)C(=O)NC1CC1. The highest BCUT2D eigenvalue weighted by molar-refractivity contribution is 6.33. The van der Waals surface area contributed by atoms with E-state index < -0.39 is 24.0 Å². The maximum atomic E-state index is 12.4. The first-order valence-electron chi connectivity index (χ1n) is 8.36. The summed E-state index contributed by atoms with van der Waals surface area (Å²) in [5, 5.41) is 5.72. The van der Waals surface area contributed by atoms with E-state index in [1.807, 2.05) is 0 Å². The van der Waals surface area contributed by atoms with E-state index in [2.05, 4.69) is 10.6 Å². The summed E-state index contributed by atoms with van der Waals surface area (Å²) in [7, 11) is 0. The Balaban J connectivity index is 1.98. The third-order valence-corrected chi connectivity index (χ3v) is 4.24. The van der Waals surface area contributed by atoms with Gasteiger partial charge in [0.05, 0.1) is 10.6 Å². The third kappa shape index (κ3) is 5.46. The van der Waals surface area contributed by atoms with Crippen LogP contribution in [-0.4, -0.2) is 36.0 Å². The van der Waals surface area contributed by atoms with Crippen molar-refractivity contribution in [1.82, 2.24) is 10.6 Å². The molecular formula is C18H23ClN2O4. The molecule has 25 heavy (non-hydrogen) atoms. The van der Waals surface area contributed by atoms with Gasteiger partial charge in [-0.15, -0.1) is 0 Å². The monoisotopic (exact) mass is 366 g/mol. The lowest BCUT2D eigenvalue weighted by atomic mass is 10.0. The van der Waals surface area contributed by atoms with E-state index in [9.17, 15) is 14.4 Å². The smallest absolute Gasteiger partial charge is 0.329 e. The van der Waals surface area contributed by atoms with Crippen LogP contribution < -0.4 is 10.6 Å². The molecule has 2 atom stereocenters. The number of amides is 2. The second-order valence-electron chi connectivity index (χ2n) is 6.54. The van der Waals surface area contributed by atoms with Crippen molar-refractivity contribution in [2.75, 3.05) is 0 Å². The molecule has 0 unspecified atom stereocenters. The number of rotatable bonds is 7. The molecule has 0 spiro atoms. The molecule has 2 rings (SSSR count). The number of carbonyl (C=O) groups is 3. The normalized spacial score (nSPS) is 16.0. The Hall–Kier alpha value is -2.08. The van der Waals surface area contributed by atoms with Gasteiger partial charge in [-0.05, 0) is 37.8 Å². The molecule has 1 aliphatic rings. The molecule has 1 fully saturated rings. The highest BCUT2D eigenvalue weighted by Crippen LogP contribution is 2.19. The Kier molecular flexibility index (Phi) is 6.42. The fourth-order valence-electron chi connectivity index (χ4n) is 2.21. The summed E-state index contributed by atoms with van der Waals surface area (Å²) in [5.74, 6) is -1.64. The summed E-state index contributed by atoms with van der Waals surface area (Å²) in [6, 6.07) is 5.89. The maximum Gasteiger partial charge on any atom is 0.329 e. The van der Waals surface area contributed by atoms with Crippen molar-refractivity contribution in [3.8, 4) is 0 Å². The van der Waals surface area contributed by atoms with Crippen LogP contribution in [-0.2, 0) is 14.3 Å². The molecule has 6 nitrogen and oxygen atoms in total. The van der Waals surface area contributed by atoms with Crippen molar-refractivity contribution in [2.45, 2.75) is 51.8 Å². The van der Waals surface area contributed by atoms with Crippen LogP contribution in [0.2, 0.25) is 5.02 Å². The van der Waals surface area contributed by atoms with Crippen LogP contribution in [0.15, 0.2) is 24.3 Å². The number of hydrogen-bond donors (Lipinski definition) is 2. The number of carbonyl (C=O) groups excluding carboxylic acids is 3. The van der Waals surface area contributed by atoms with Crippen LogP contribution >= 0.6 is 11.6 Å². The van der Waals surface area contributed by atoms with Crippen LogP contribution in [0.25, 0.3) is 0 Å². The molecule has 7 heteroatoms. The lowest BCUT2D eigenvalue weighted by Gasteiger charge is -2.23. The molecule has 0 aliphatic heterocycles. The first-order chi connectivity index (χ1) is 11.8. The minimum atomic E-state index is -0.911. The molecular weight excluding hydrogens is 344 g/mol. The van der Waals surface area contributed by atoms with Gasteiger partial charge in [-0.2, -0.15) is 0 Å².